The molecule has 0 bridgehead atoms. The molecule has 0 saturated carbocycles. The molecule has 0 fully saturated rings. The molecule has 4 nitrogen and oxygen atoms in total. The third-order valence-electron chi connectivity index (χ3n) is 13.7. The summed E-state index contributed by atoms with van der Waals surface area (Å²) in [7, 11) is 0. The molecule has 1 unspecified atom stereocenters. The first-order valence-electron chi connectivity index (χ1n) is 22.5. The molecule has 0 saturated heterocycles. The minimum atomic E-state index is -0.485. The fourth-order valence-corrected chi connectivity index (χ4v) is 11.1. The van der Waals surface area contributed by atoms with Gasteiger partial charge in [0.25, 0.3) is 0 Å². The summed E-state index contributed by atoms with van der Waals surface area (Å²) in [6.07, 6.45) is 5.90. The first kappa shape index (κ1) is 37.2. The number of para-hydroxylation sites is 6. The average Bonchev–Trinajstić information content (AvgIpc) is 3.85. The Morgan fingerprint density at radius 3 is 1.55 bits per heavy atom. The first-order valence-corrected chi connectivity index (χ1v) is 22.5. The Balaban J connectivity index is 0.993. The van der Waals surface area contributed by atoms with Crippen molar-refractivity contribution in [2.45, 2.75) is 17.9 Å². The Kier molecular flexibility index (Phi) is 8.53. The summed E-state index contributed by atoms with van der Waals surface area (Å²) in [4.78, 5) is 4.89. The van der Waals surface area contributed by atoms with Crippen LogP contribution in [0, 0.1) is 0 Å². The minimum Gasteiger partial charge on any atom is -0.457 e. The molecule has 0 radical (unpaired) electrons. The van der Waals surface area contributed by atoms with Crippen molar-refractivity contribution in [3.8, 4) is 17.2 Å². The zero-order valence-corrected chi connectivity index (χ0v) is 35.6. The second kappa shape index (κ2) is 14.9. The minimum absolute atomic E-state index is 0.0357. The first-order chi connectivity index (χ1) is 32.3. The second-order valence-corrected chi connectivity index (χ2v) is 17.2. The summed E-state index contributed by atoms with van der Waals surface area (Å²) in [5, 5.41) is 2.43. The van der Waals surface area contributed by atoms with Crippen molar-refractivity contribution in [2.75, 3.05) is 9.80 Å². The van der Waals surface area contributed by atoms with Gasteiger partial charge in [0.1, 0.15) is 11.5 Å². The largest absolute Gasteiger partial charge is 0.457 e. The van der Waals surface area contributed by atoms with Crippen molar-refractivity contribution in [3.05, 3.63) is 271 Å². The maximum Gasteiger partial charge on any atom is 0.132 e. The van der Waals surface area contributed by atoms with E-state index in [1.807, 2.05) is 0 Å². The van der Waals surface area contributed by atoms with Crippen molar-refractivity contribution in [3.63, 3.8) is 0 Å². The average molecular weight is 834 g/mol. The topological polar surface area (TPSA) is 20.6 Å². The number of allylic oxidation sites excluding steroid dienone is 2. The molecular formula is C61H43N3O. The van der Waals surface area contributed by atoms with Crippen LogP contribution in [0.25, 0.3) is 33.1 Å². The Morgan fingerprint density at radius 1 is 0.446 bits per heavy atom. The number of hydrogen-bond acceptors (Lipinski definition) is 3. The molecule has 1 aliphatic heterocycles. The second-order valence-electron chi connectivity index (χ2n) is 17.2. The van der Waals surface area contributed by atoms with Crippen LogP contribution in [0.1, 0.15) is 28.7 Å². The quantitative estimate of drug-likeness (QED) is 0.160. The molecule has 2 heterocycles. The summed E-state index contributed by atoms with van der Waals surface area (Å²) in [6, 6.07) is 83.3. The number of fused-ring (bicyclic) bond motifs is 12. The van der Waals surface area contributed by atoms with E-state index >= 15 is 0 Å². The molecular weight excluding hydrogens is 791 g/mol. The Bertz CT molecular complexity index is 3410. The smallest absolute Gasteiger partial charge is 0.132 e. The van der Waals surface area contributed by atoms with Crippen LogP contribution in [0.2, 0.25) is 0 Å². The van der Waals surface area contributed by atoms with Gasteiger partial charge in [-0.3, -0.25) is 0 Å². The molecule has 2 aliphatic carbocycles. The van der Waals surface area contributed by atoms with Crippen molar-refractivity contribution in [2.24, 2.45) is 0 Å². The molecule has 0 N–H and O–H groups in total. The number of aromatic nitrogens is 1. The normalized spacial score (nSPS) is 15.3. The van der Waals surface area contributed by atoms with Gasteiger partial charge in [-0.2, -0.15) is 0 Å². The van der Waals surface area contributed by atoms with Crippen molar-refractivity contribution in [1.82, 2.24) is 4.57 Å². The van der Waals surface area contributed by atoms with E-state index in [-0.39, 0.29) is 6.04 Å². The molecule has 3 aliphatic rings. The van der Waals surface area contributed by atoms with Gasteiger partial charge >= 0.3 is 0 Å². The lowest BCUT2D eigenvalue weighted by Gasteiger charge is -2.41. The van der Waals surface area contributed by atoms with Gasteiger partial charge in [-0.25, -0.2) is 0 Å². The maximum absolute atomic E-state index is 6.63. The van der Waals surface area contributed by atoms with Crippen LogP contribution in [-0.2, 0) is 5.41 Å². The lowest BCUT2D eigenvalue weighted by Crippen LogP contribution is -2.35. The zero-order valence-electron chi connectivity index (χ0n) is 35.6. The predicted molar refractivity (Wildman–Crippen MR) is 268 cm³/mol. The number of nitrogens with zero attached hydrogens (tertiary/aromatic N) is 3. The van der Waals surface area contributed by atoms with E-state index < -0.39 is 5.41 Å². The van der Waals surface area contributed by atoms with Crippen molar-refractivity contribution in [1.29, 1.82) is 0 Å². The highest BCUT2D eigenvalue weighted by molar-refractivity contribution is 6.11. The van der Waals surface area contributed by atoms with Crippen LogP contribution in [0.15, 0.2) is 248 Å². The third kappa shape index (κ3) is 5.70. The number of ether oxygens (including phenoxy) is 1. The molecule has 13 rings (SSSR count). The third-order valence-corrected chi connectivity index (χ3v) is 13.7. The highest BCUT2D eigenvalue weighted by Crippen LogP contribution is 2.64. The highest BCUT2D eigenvalue weighted by atomic mass is 16.5. The molecule has 308 valence electrons. The number of hydrogen-bond donors (Lipinski definition) is 0. The molecule has 1 aromatic heterocycles. The summed E-state index contributed by atoms with van der Waals surface area (Å²) >= 11 is 0. The molecule has 65 heavy (non-hydrogen) atoms. The van der Waals surface area contributed by atoms with Gasteiger partial charge in [0, 0.05) is 56.0 Å². The van der Waals surface area contributed by atoms with Gasteiger partial charge in [-0.05, 0) is 114 Å². The van der Waals surface area contributed by atoms with E-state index in [4.69, 9.17) is 4.74 Å². The van der Waals surface area contributed by atoms with Gasteiger partial charge in [0.15, 0.2) is 0 Å². The summed E-state index contributed by atoms with van der Waals surface area (Å²) in [5.41, 5.74) is 16.2. The summed E-state index contributed by atoms with van der Waals surface area (Å²) < 4.78 is 9.08. The van der Waals surface area contributed by atoms with Gasteiger partial charge in [0.2, 0.25) is 0 Å². The zero-order chi connectivity index (χ0) is 42.9. The summed E-state index contributed by atoms with van der Waals surface area (Å²) in [5.74, 6) is 1.83. The Morgan fingerprint density at radius 2 is 0.938 bits per heavy atom. The van der Waals surface area contributed by atoms with Crippen LogP contribution in [0.5, 0.6) is 11.5 Å². The SMILES string of the molecule is C1=C2C(=CCC1N(c1ccccc1)c1ccc3c4ccc(N(c5ccccc5)c5ccccc5)cc4n(-c4ccccc4)c3c1)C1(c3ccccc3Oc3ccccc31)c1ccccc12. The fourth-order valence-electron chi connectivity index (χ4n) is 11.1. The molecule has 1 atom stereocenters. The van der Waals surface area contributed by atoms with Crippen molar-refractivity contribution >= 4 is 55.8 Å². The molecule has 1 spiro atoms. The summed E-state index contributed by atoms with van der Waals surface area (Å²) in [6.45, 7) is 0. The van der Waals surface area contributed by atoms with E-state index in [1.165, 1.54) is 44.2 Å². The number of anilines is 5. The van der Waals surface area contributed by atoms with Crippen LogP contribution >= 0.6 is 0 Å². The van der Waals surface area contributed by atoms with Crippen LogP contribution < -0.4 is 14.5 Å². The Hall–Kier alpha value is -8.34. The van der Waals surface area contributed by atoms with Gasteiger partial charge in [-0.15, -0.1) is 0 Å². The number of benzene rings is 9. The predicted octanol–water partition coefficient (Wildman–Crippen LogP) is 15.6. The van der Waals surface area contributed by atoms with Crippen molar-refractivity contribution < 1.29 is 4.74 Å². The number of rotatable bonds is 7. The molecule has 0 amide bonds. The van der Waals surface area contributed by atoms with E-state index in [1.54, 1.807) is 0 Å². The van der Waals surface area contributed by atoms with Crippen LogP contribution in [0.3, 0.4) is 0 Å². The fraction of sp³-hybridized carbons (Fsp3) is 0.0492. The lowest BCUT2D eigenvalue weighted by molar-refractivity contribution is 0.436. The van der Waals surface area contributed by atoms with Crippen LogP contribution in [0.4, 0.5) is 28.4 Å². The van der Waals surface area contributed by atoms with E-state index in [2.05, 4.69) is 257 Å². The monoisotopic (exact) mass is 833 g/mol. The standard InChI is InChI=1S/C61H43N3O/c1-5-19-42(20-6-1)62(43-21-7-2-8-22-43)47-33-36-50-51-37-34-48(41-58(51)64(57(50)40-47)45-25-11-4-12-26-45)63(44-23-9-3-10-24-44)46-35-38-54-52(39-46)49-27-13-14-28-53(49)61(54)55-29-15-17-31-59(55)65-60-32-18-16-30-56(60)61/h1-34,36-41,46H,35H2. The van der Waals surface area contributed by atoms with E-state index in [0.29, 0.717) is 0 Å². The van der Waals surface area contributed by atoms with E-state index in [0.717, 1.165) is 63.1 Å². The van der Waals surface area contributed by atoms with Gasteiger partial charge < -0.3 is 19.1 Å². The maximum atomic E-state index is 6.63. The van der Waals surface area contributed by atoms with Gasteiger partial charge in [0.05, 0.1) is 22.5 Å². The van der Waals surface area contributed by atoms with Gasteiger partial charge in [-0.1, -0.05) is 158 Å². The highest BCUT2D eigenvalue weighted by Gasteiger charge is 2.53. The Labute approximate surface area is 378 Å². The molecule has 4 heteroatoms. The molecule has 10 aromatic rings. The molecule has 9 aromatic carbocycles. The lowest BCUT2D eigenvalue weighted by atomic mass is 9.65. The van der Waals surface area contributed by atoms with Crippen LogP contribution in [-0.4, -0.2) is 10.6 Å². The van der Waals surface area contributed by atoms with E-state index in [9.17, 15) is 0 Å².